The summed E-state index contributed by atoms with van der Waals surface area (Å²) in [5.74, 6) is 0. The van der Waals surface area contributed by atoms with Gasteiger partial charge in [-0.15, -0.1) is 11.3 Å². The predicted octanol–water partition coefficient (Wildman–Crippen LogP) is 10.5. The zero-order valence-electron chi connectivity index (χ0n) is 28.2. The van der Waals surface area contributed by atoms with Crippen molar-refractivity contribution >= 4 is 60.9 Å². The summed E-state index contributed by atoms with van der Waals surface area (Å²) >= 11 is 1.99. The molecule has 6 aromatic carbocycles. The Morgan fingerprint density at radius 3 is 1.98 bits per heavy atom. The SMILES string of the molecule is CC(C)(C)c1ccc(-c2ccc3c(c2)N(c2ccccc2)c2cccc4c2B3c2sc3ccc(-c5ccccc5)cc3c2C4(C)C)cc1. The third kappa shape index (κ3) is 4.37. The molecule has 0 bridgehead atoms. The van der Waals surface area contributed by atoms with Crippen LogP contribution in [0.25, 0.3) is 32.3 Å². The molecule has 232 valence electrons. The molecule has 3 heteroatoms. The molecule has 0 fully saturated rings. The van der Waals surface area contributed by atoms with E-state index in [1.54, 1.807) is 0 Å². The maximum Gasteiger partial charge on any atom is 0.259 e. The molecule has 2 aliphatic rings. The van der Waals surface area contributed by atoms with Crippen molar-refractivity contribution in [2.24, 2.45) is 0 Å². The number of fused-ring (bicyclic) bond motifs is 6. The summed E-state index contributed by atoms with van der Waals surface area (Å²) < 4.78 is 2.85. The number of rotatable bonds is 3. The van der Waals surface area contributed by atoms with Crippen LogP contribution in [-0.2, 0) is 10.8 Å². The van der Waals surface area contributed by atoms with E-state index < -0.39 is 0 Å². The van der Waals surface area contributed by atoms with E-state index in [0.717, 1.165) is 0 Å². The Kier molecular flexibility index (Phi) is 6.45. The zero-order valence-corrected chi connectivity index (χ0v) is 29.0. The number of benzene rings is 6. The topological polar surface area (TPSA) is 3.24 Å². The fourth-order valence-electron chi connectivity index (χ4n) is 8.24. The van der Waals surface area contributed by atoms with Gasteiger partial charge in [-0.25, -0.2) is 0 Å². The maximum atomic E-state index is 2.51. The Labute approximate surface area is 288 Å². The van der Waals surface area contributed by atoms with Crippen LogP contribution in [0.15, 0.2) is 140 Å². The lowest BCUT2D eigenvalue weighted by Gasteiger charge is -2.44. The Hall–Kier alpha value is -4.86. The van der Waals surface area contributed by atoms with Crippen LogP contribution >= 0.6 is 11.3 Å². The van der Waals surface area contributed by atoms with Crippen LogP contribution in [0.3, 0.4) is 0 Å². The van der Waals surface area contributed by atoms with E-state index in [2.05, 4.69) is 179 Å². The molecule has 0 N–H and O–H groups in total. The van der Waals surface area contributed by atoms with E-state index in [0.29, 0.717) is 0 Å². The van der Waals surface area contributed by atoms with Gasteiger partial charge in [-0.2, -0.15) is 0 Å². The molecular weight excluding hydrogens is 597 g/mol. The van der Waals surface area contributed by atoms with E-state index in [4.69, 9.17) is 0 Å². The summed E-state index contributed by atoms with van der Waals surface area (Å²) in [5, 5.41) is 1.39. The fourth-order valence-corrected chi connectivity index (χ4v) is 9.72. The standard InChI is InChI=1S/C45H38BNS/c1-44(2,3)33-23-19-30(20-24-33)32-21-25-37-39(28-32)47(34-15-10-7-11-16-34)38-18-12-17-36-42(38)46(37)43-41(45(36,4)5)35-27-31(22-26-40(35)48-43)29-13-8-6-9-14-29/h6-28H,1-5H3. The lowest BCUT2D eigenvalue weighted by atomic mass is 9.32. The molecule has 0 saturated carbocycles. The quantitative estimate of drug-likeness (QED) is 0.175. The van der Waals surface area contributed by atoms with Crippen LogP contribution in [0.2, 0.25) is 0 Å². The van der Waals surface area contributed by atoms with Crippen molar-refractivity contribution in [3.63, 3.8) is 0 Å². The minimum absolute atomic E-state index is 0.123. The van der Waals surface area contributed by atoms with Gasteiger partial charge in [-0.05, 0) is 102 Å². The van der Waals surface area contributed by atoms with Gasteiger partial charge < -0.3 is 4.90 Å². The first-order chi connectivity index (χ1) is 23.2. The highest BCUT2D eigenvalue weighted by Crippen LogP contribution is 2.46. The predicted molar refractivity (Wildman–Crippen MR) is 209 cm³/mol. The van der Waals surface area contributed by atoms with E-state index in [9.17, 15) is 0 Å². The monoisotopic (exact) mass is 635 g/mol. The van der Waals surface area contributed by atoms with Crippen molar-refractivity contribution in [3.8, 4) is 22.3 Å². The summed E-state index contributed by atoms with van der Waals surface area (Å²) in [6.45, 7) is 11.9. The summed E-state index contributed by atoms with van der Waals surface area (Å²) in [5.41, 5.74) is 15.8. The molecule has 9 rings (SSSR count). The molecular formula is C45H38BNS. The first-order valence-corrected chi connectivity index (χ1v) is 17.9. The van der Waals surface area contributed by atoms with Gasteiger partial charge >= 0.3 is 0 Å². The molecule has 2 aliphatic heterocycles. The molecule has 0 unspecified atom stereocenters. The van der Waals surface area contributed by atoms with Gasteiger partial charge in [-0.3, -0.25) is 0 Å². The molecule has 1 nitrogen and oxygen atoms in total. The van der Waals surface area contributed by atoms with E-state index >= 15 is 0 Å². The number of para-hydroxylation sites is 1. The van der Waals surface area contributed by atoms with Crippen LogP contribution in [0.1, 0.15) is 51.3 Å². The largest absolute Gasteiger partial charge is 0.311 e. The Morgan fingerprint density at radius 2 is 1.25 bits per heavy atom. The number of thiophene rings is 1. The highest BCUT2D eigenvalue weighted by molar-refractivity contribution is 7.32. The lowest BCUT2D eigenvalue weighted by molar-refractivity contribution is 0.590. The summed E-state index contributed by atoms with van der Waals surface area (Å²) in [4.78, 5) is 2.51. The summed E-state index contributed by atoms with van der Waals surface area (Å²) in [6, 6.07) is 52.2. The molecule has 0 spiro atoms. The first-order valence-electron chi connectivity index (χ1n) is 17.1. The summed E-state index contributed by atoms with van der Waals surface area (Å²) in [6.07, 6.45) is 0. The molecule has 48 heavy (non-hydrogen) atoms. The van der Waals surface area contributed by atoms with Gasteiger partial charge in [0.1, 0.15) is 0 Å². The van der Waals surface area contributed by atoms with E-state index in [-0.39, 0.29) is 17.5 Å². The second-order valence-electron chi connectivity index (χ2n) is 15.0. The average molecular weight is 636 g/mol. The van der Waals surface area contributed by atoms with Crippen LogP contribution in [0.5, 0.6) is 0 Å². The van der Waals surface area contributed by atoms with Crippen molar-refractivity contribution in [1.29, 1.82) is 0 Å². The zero-order chi connectivity index (χ0) is 32.8. The molecule has 7 aromatic rings. The van der Waals surface area contributed by atoms with E-state index in [1.165, 1.54) is 81.8 Å². The van der Waals surface area contributed by atoms with Gasteiger partial charge in [0.2, 0.25) is 0 Å². The Balaban J connectivity index is 1.29. The molecule has 1 aromatic heterocycles. The lowest BCUT2D eigenvalue weighted by Crippen LogP contribution is -2.63. The second kappa shape index (κ2) is 10.6. The van der Waals surface area contributed by atoms with Crippen molar-refractivity contribution in [2.45, 2.75) is 45.4 Å². The van der Waals surface area contributed by atoms with Crippen molar-refractivity contribution in [1.82, 2.24) is 0 Å². The fraction of sp³-hybridized carbons (Fsp3) is 0.156. The minimum Gasteiger partial charge on any atom is -0.311 e. The number of anilines is 3. The van der Waals surface area contributed by atoms with Crippen LogP contribution in [0.4, 0.5) is 17.1 Å². The Bertz CT molecular complexity index is 2340. The summed E-state index contributed by atoms with van der Waals surface area (Å²) in [7, 11) is 0. The molecule has 0 saturated heterocycles. The van der Waals surface area contributed by atoms with Crippen molar-refractivity contribution < 1.29 is 0 Å². The van der Waals surface area contributed by atoms with Gasteiger partial charge in [0.05, 0.1) is 0 Å². The molecule has 3 heterocycles. The van der Waals surface area contributed by atoms with Crippen LogP contribution in [-0.4, -0.2) is 6.71 Å². The van der Waals surface area contributed by atoms with Crippen molar-refractivity contribution in [2.75, 3.05) is 4.90 Å². The van der Waals surface area contributed by atoms with Gasteiger partial charge in [0.15, 0.2) is 0 Å². The van der Waals surface area contributed by atoms with Gasteiger partial charge in [-0.1, -0.05) is 138 Å². The maximum absolute atomic E-state index is 2.51. The first kappa shape index (κ1) is 29.3. The normalized spacial score (nSPS) is 14.4. The molecule has 0 amide bonds. The van der Waals surface area contributed by atoms with Crippen molar-refractivity contribution in [3.05, 3.63) is 156 Å². The van der Waals surface area contributed by atoms with Gasteiger partial charge in [0, 0.05) is 27.2 Å². The van der Waals surface area contributed by atoms with E-state index in [1.807, 2.05) is 11.3 Å². The third-order valence-corrected chi connectivity index (χ3v) is 11.9. The third-order valence-electron chi connectivity index (χ3n) is 10.7. The number of nitrogens with zero attached hydrogens (tertiary/aromatic N) is 1. The van der Waals surface area contributed by atoms with Gasteiger partial charge in [0.25, 0.3) is 6.71 Å². The molecule has 0 atom stereocenters. The molecule has 0 radical (unpaired) electrons. The number of hydrogen-bond donors (Lipinski definition) is 0. The highest BCUT2D eigenvalue weighted by atomic mass is 32.1. The smallest absolute Gasteiger partial charge is 0.259 e. The molecule has 0 aliphatic carbocycles. The van der Waals surface area contributed by atoms with Crippen LogP contribution in [0, 0.1) is 0 Å². The second-order valence-corrected chi connectivity index (χ2v) is 16.1. The average Bonchev–Trinajstić information content (AvgIpc) is 3.50. The van der Waals surface area contributed by atoms with Crippen LogP contribution < -0.4 is 20.6 Å². The Morgan fingerprint density at radius 1 is 0.604 bits per heavy atom. The minimum atomic E-state index is -0.153. The highest BCUT2D eigenvalue weighted by Gasteiger charge is 2.47. The number of hydrogen-bond acceptors (Lipinski definition) is 2.